The first-order chi connectivity index (χ1) is 9.49. The molecule has 1 heterocycles. The van der Waals surface area contributed by atoms with Gasteiger partial charge in [0.25, 0.3) is 0 Å². The van der Waals surface area contributed by atoms with Crippen LogP contribution in [0.15, 0.2) is 21.1 Å². The molecule has 0 bridgehead atoms. The molecule has 0 aliphatic carbocycles. The van der Waals surface area contributed by atoms with Gasteiger partial charge in [0.15, 0.2) is 28.8 Å². The highest BCUT2D eigenvalue weighted by Crippen LogP contribution is 2.42. The Hall–Kier alpha value is -2.09. The van der Waals surface area contributed by atoms with Crippen LogP contribution >= 0.6 is 15.9 Å². The molecule has 2 rings (SSSR count). The summed E-state index contributed by atoms with van der Waals surface area (Å²) in [6.45, 7) is 0. The summed E-state index contributed by atoms with van der Waals surface area (Å²) in [5.74, 6) is -1.51. The molecule has 1 N–H and O–H groups in total. The summed E-state index contributed by atoms with van der Waals surface area (Å²) in [6, 6.07) is 2.46. The quantitative estimate of drug-likeness (QED) is 0.917. The first kappa shape index (κ1) is 14.3. The Morgan fingerprint density at radius 2 is 2.10 bits per heavy atom. The predicted octanol–water partition coefficient (Wildman–Crippen LogP) is 2.96. The summed E-state index contributed by atoms with van der Waals surface area (Å²) < 4.78 is 29.2. The molecular formula is C12H9BrFNO5. The number of carbonyl (C=O) groups is 1. The molecule has 20 heavy (non-hydrogen) atoms. The van der Waals surface area contributed by atoms with Crippen molar-refractivity contribution in [1.29, 1.82) is 0 Å². The zero-order valence-corrected chi connectivity index (χ0v) is 12.0. The van der Waals surface area contributed by atoms with E-state index < -0.39 is 11.8 Å². The second-order valence-corrected chi connectivity index (χ2v) is 4.46. The van der Waals surface area contributed by atoms with Crippen LogP contribution in [0.5, 0.6) is 11.5 Å². The number of aromatic carboxylic acids is 1. The lowest BCUT2D eigenvalue weighted by Crippen LogP contribution is -1.96. The topological polar surface area (TPSA) is 81.8 Å². The number of ether oxygens (including phenoxy) is 2. The van der Waals surface area contributed by atoms with Gasteiger partial charge in [-0.2, -0.15) is 0 Å². The van der Waals surface area contributed by atoms with E-state index in [1.807, 2.05) is 0 Å². The van der Waals surface area contributed by atoms with Gasteiger partial charge in [-0.25, -0.2) is 9.18 Å². The van der Waals surface area contributed by atoms with Gasteiger partial charge in [0.05, 0.1) is 24.3 Å². The second-order valence-electron chi connectivity index (χ2n) is 3.67. The van der Waals surface area contributed by atoms with Crippen LogP contribution in [0, 0.1) is 5.82 Å². The first-order valence-corrected chi connectivity index (χ1v) is 6.09. The molecule has 0 atom stereocenters. The third kappa shape index (κ3) is 2.34. The van der Waals surface area contributed by atoms with Gasteiger partial charge in [-0.3, -0.25) is 0 Å². The van der Waals surface area contributed by atoms with Gasteiger partial charge in [-0.05, 0) is 22.0 Å². The minimum atomic E-state index is -1.26. The molecule has 0 saturated carbocycles. The Bertz CT molecular complexity index is 670. The fourth-order valence-corrected chi connectivity index (χ4v) is 2.18. The highest BCUT2D eigenvalue weighted by Gasteiger charge is 2.22. The van der Waals surface area contributed by atoms with Crippen LogP contribution in [-0.2, 0) is 0 Å². The van der Waals surface area contributed by atoms with Crippen LogP contribution < -0.4 is 9.47 Å². The molecule has 0 radical (unpaired) electrons. The number of methoxy groups -OCH3 is 2. The zero-order valence-electron chi connectivity index (χ0n) is 10.4. The van der Waals surface area contributed by atoms with Crippen LogP contribution in [0.25, 0.3) is 11.3 Å². The van der Waals surface area contributed by atoms with E-state index in [9.17, 15) is 9.18 Å². The Kier molecular flexibility index (Phi) is 3.93. The van der Waals surface area contributed by atoms with E-state index in [-0.39, 0.29) is 33.0 Å². The molecule has 1 aromatic heterocycles. The van der Waals surface area contributed by atoms with Crippen molar-refractivity contribution in [1.82, 2.24) is 5.16 Å². The van der Waals surface area contributed by atoms with E-state index in [0.29, 0.717) is 0 Å². The van der Waals surface area contributed by atoms with Crippen molar-refractivity contribution in [3.05, 3.63) is 28.1 Å². The van der Waals surface area contributed by atoms with E-state index in [0.717, 1.165) is 6.07 Å². The van der Waals surface area contributed by atoms with E-state index in [1.54, 1.807) is 0 Å². The van der Waals surface area contributed by atoms with Gasteiger partial charge in [-0.1, -0.05) is 5.16 Å². The minimum Gasteiger partial charge on any atom is -0.493 e. The number of hydrogen-bond acceptors (Lipinski definition) is 5. The van der Waals surface area contributed by atoms with Crippen LogP contribution in [0.1, 0.15) is 10.5 Å². The molecule has 106 valence electrons. The number of carboxylic acids is 1. The summed E-state index contributed by atoms with van der Waals surface area (Å²) >= 11 is 3.06. The molecule has 0 aliphatic heterocycles. The van der Waals surface area contributed by atoms with Crippen molar-refractivity contribution in [3.8, 4) is 22.8 Å². The molecule has 2 aromatic rings. The third-order valence-corrected chi connectivity index (χ3v) is 3.25. The van der Waals surface area contributed by atoms with Crippen LogP contribution in [0.2, 0.25) is 0 Å². The van der Waals surface area contributed by atoms with E-state index >= 15 is 0 Å². The maximum atomic E-state index is 14.2. The SMILES string of the molecule is COc1cc(-c2cc(C(=O)O)no2)c(F)c(Br)c1OC. The number of nitrogens with zero attached hydrogens (tertiary/aromatic N) is 1. The summed E-state index contributed by atoms with van der Waals surface area (Å²) in [6.07, 6.45) is 0. The lowest BCUT2D eigenvalue weighted by Gasteiger charge is -2.12. The highest BCUT2D eigenvalue weighted by atomic mass is 79.9. The van der Waals surface area contributed by atoms with Crippen molar-refractivity contribution in [2.75, 3.05) is 14.2 Å². The van der Waals surface area contributed by atoms with Gasteiger partial charge >= 0.3 is 5.97 Å². The Morgan fingerprint density at radius 3 is 2.60 bits per heavy atom. The van der Waals surface area contributed by atoms with Gasteiger partial charge in [0, 0.05) is 6.07 Å². The summed E-state index contributed by atoms with van der Waals surface area (Å²) in [5.41, 5.74) is -0.306. The Labute approximate surface area is 121 Å². The van der Waals surface area contributed by atoms with Gasteiger partial charge in [-0.15, -0.1) is 0 Å². The number of aromatic nitrogens is 1. The molecule has 0 aliphatic rings. The lowest BCUT2D eigenvalue weighted by molar-refractivity contribution is 0.0686. The molecule has 6 nitrogen and oxygen atoms in total. The van der Waals surface area contributed by atoms with Gasteiger partial charge in [0.2, 0.25) is 0 Å². The van der Waals surface area contributed by atoms with Gasteiger partial charge in [0.1, 0.15) is 0 Å². The third-order valence-electron chi connectivity index (χ3n) is 2.55. The lowest BCUT2D eigenvalue weighted by atomic mass is 10.1. The van der Waals surface area contributed by atoms with Crippen molar-refractivity contribution in [2.45, 2.75) is 0 Å². The summed E-state index contributed by atoms with van der Waals surface area (Å²) in [4.78, 5) is 10.8. The normalized spacial score (nSPS) is 10.4. The molecule has 0 spiro atoms. The molecular weight excluding hydrogens is 337 g/mol. The van der Waals surface area contributed by atoms with E-state index in [2.05, 4.69) is 21.1 Å². The highest BCUT2D eigenvalue weighted by molar-refractivity contribution is 9.10. The number of rotatable bonds is 4. The van der Waals surface area contributed by atoms with E-state index in [4.69, 9.17) is 19.1 Å². The number of hydrogen-bond donors (Lipinski definition) is 1. The Morgan fingerprint density at radius 1 is 1.40 bits per heavy atom. The van der Waals surface area contributed by atoms with Crippen molar-refractivity contribution in [3.63, 3.8) is 0 Å². The largest absolute Gasteiger partial charge is 0.493 e. The smallest absolute Gasteiger partial charge is 0.358 e. The van der Waals surface area contributed by atoms with Gasteiger partial charge < -0.3 is 19.1 Å². The second kappa shape index (κ2) is 5.49. The predicted molar refractivity (Wildman–Crippen MR) is 69.7 cm³/mol. The van der Waals surface area contributed by atoms with Crippen molar-refractivity contribution in [2.24, 2.45) is 0 Å². The fraction of sp³-hybridized carbons (Fsp3) is 0.167. The molecule has 0 fully saturated rings. The summed E-state index contributed by atoms with van der Waals surface area (Å²) in [7, 11) is 2.77. The zero-order chi connectivity index (χ0) is 14.9. The molecule has 0 unspecified atom stereocenters. The number of benzene rings is 1. The number of halogens is 2. The fourth-order valence-electron chi connectivity index (χ4n) is 1.61. The average molecular weight is 346 g/mol. The molecule has 0 amide bonds. The van der Waals surface area contributed by atoms with E-state index in [1.165, 1.54) is 20.3 Å². The standard InChI is InChI=1S/C12H9BrFNO5/c1-18-8-3-5(10(14)9(13)11(8)19-2)7-4-6(12(16)17)15-20-7/h3-4H,1-2H3,(H,16,17). The minimum absolute atomic E-state index is 0.00882. The molecule has 0 saturated heterocycles. The maximum absolute atomic E-state index is 14.2. The molecule has 1 aromatic carbocycles. The molecule has 8 heteroatoms. The van der Waals surface area contributed by atoms with Crippen LogP contribution in [-0.4, -0.2) is 30.5 Å². The van der Waals surface area contributed by atoms with Crippen molar-refractivity contribution >= 4 is 21.9 Å². The first-order valence-electron chi connectivity index (χ1n) is 5.30. The Balaban J connectivity index is 2.61. The summed E-state index contributed by atoms with van der Waals surface area (Å²) in [5, 5.41) is 12.1. The van der Waals surface area contributed by atoms with Crippen molar-refractivity contribution < 1.29 is 28.3 Å². The van der Waals surface area contributed by atoms with Crippen LogP contribution in [0.4, 0.5) is 4.39 Å². The monoisotopic (exact) mass is 345 g/mol. The maximum Gasteiger partial charge on any atom is 0.358 e. The average Bonchev–Trinajstić information content (AvgIpc) is 2.91. The number of carboxylic acid groups (broad SMARTS) is 1. The van der Waals surface area contributed by atoms with Crippen LogP contribution in [0.3, 0.4) is 0 Å².